The number of hydrogen-bond donors (Lipinski definition) is 1. The van der Waals surface area contributed by atoms with E-state index in [4.69, 9.17) is 10.4 Å². The lowest BCUT2D eigenvalue weighted by molar-refractivity contribution is -0.138. The van der Waals surface area contributed by atoms with E-state index in [2.05, 4.69) is 11.6 Å². The van der Waals surface area contributed by atoms with E-state index in [1.165, 1.54) is 17.0 Å². The first-order valence-electron chi connectivity index (χ1n) is 9.35. The molecule has 164 valence electrons. The van der Waals surface area contributed by atoms with Crippen molar-refractivity contribution in [1.29, 1.82) is 5.26 Å². The average Bonchev–Trinajstić information content (AvgIpc) is 2.93. The lowest BCUT2D eigenvalue weighted by Gasteiger charge is -2.43. The Hall–Kier alpha value is -3.94. The Morgan fingerprint density at radius 1 is 1.25 bits per heavy atom. The SMILES string of the molecule is C=C1N(c2cnc(C#N)c(C(F)(F)F)c2)C(=O)C2(CCC2)N1c1ccc(C(=O)O)c(F)c1. The number of aromatic carboxylic acids is 1. The van der Waals surface area contributed by atoms with Gasteiger partial charge in [0.1, 0.15) is 23.2 Å². The van der Waals surface area contributed by atoms with Gasteiger partial charge in [0.05, 0.1) is 23.0 Å². The van der Waals surface area contributed by atoms with Gasteiger partial charge in [-0.2, -0.15) is 18.4 Å². The molecule has 1 saturated carbocycles. The number of hydrogen-bond acceptors (Lipinski definition) is 5. The van der Waals surface area contributed by atoms with Crippen molar-refractivity contribution in [1.82, 2.24) is 4.98 Å². The molecule has 2 aliphatic rings. The molecule has 0 bridgehead atoms. The van der Waals surface area contributed by atoms with Crippen LogP contribution < -0.4 is 9.80 Å². The van der Waals surface area contributed by atoms with Crippen LogP contribution in [0.4, 0.5) is 28.9 Å². The molecule has 1 saturated heterocycles. The smallest absolute Gasteiger partial charge is 0.419 e. The highest BCUT2D eigenvalue weighted by atomic mass is 19.4. The van der Waals surface area contributed by atoms with Crippen molar-refractivity contribution in [2.45, 2.75) is 31.0 Å². The Kier molecular flexibility index (Phi) is 4.69. The van der Waals surface area contributed by atoms with Gasteiger partial charge in [-0.1, -0.05) is 6.58 Å². The zero-order valence-corrected chi connectivity index (χ0v) is 16.3. The standard InChI is InChI=1S/C21H14F4N4O3/c1-11-28(13-7-15(21(23,24)25)17(9-26)27-10-13)19(32)20(5-2-6-20)29(11)12-3-4-14(18(30)31)16(22)8-12/h3-4,7-8,10H,1-2,5-6H2,(H,30,31). The molecule has 1 aromatic carbocycles. The van der Waals surface area contributed by atoms with Gasteiger partial charge in [0, 0.05) is 5.69 Å². The van der Waals surface area contributed by atoms with Crippen molar-refractivity contribution in [2.75, 3.05) is 9.80 Å². The average molecular weight is 446 g/mol. The summed E-state index contributed by atoms with van der Waals surface area (Å²) in [4.78, 5) is 30.4. The molecule has 2 heterocycles. The molecule has 1 spiro atoms. The first-order chi connectivity index (χ1) is 15.0. The molecule has 1 N–H and O–H groups in total. The summed E-state index contributed by atoms with van der Waals surface area (Å²) in [6.45, 7) is 3.84. The van der Waals surface area contributed by atoms with Gasteiger partial charge in [-0.25, -0.2) is 14.2 Å². The summed E-state index contributed by atoms with van der Waals surface area (Å²) in [6, 6.07) is 5.34. The van der Waals surface area contributed by atoms with Crippen molar-refractivity contribution in [3.8, 4) is 6.07 Å². The predicted octanol–water partition coefficient (Wildman–Crippen LogP) is 4.06. The van der Waals surface area contributed by atoms with Crippen molar-refractivity contribution >= 4 is 23.3 Å². The normalized spacial score (nSPS) is 17.5. The number of pyridine rings is 1. The zero-order chi connectivity index (χ0) is 23.4. The number of nitriles is 1. The molecule has 1 aliphatic heterocycles. The van der Waals surface area contributed by atoms with E-state index in [-0.39, 0.29) is 17.2 Å². The van der Waals surface area contributed by atoms with E-state index in [0.717, 1.165) is 23.2 Å². The number of alkyl halides is 3. The fourth-order valence-electron chi connectivity index (χ4n) is 4.08. The monoisotopic (exact) mass is 446 g/mol. The Labute approximate surface area is 178 Å². The fraction of sp³-hybridized carbons (Fsp3) is 0.238. The number of aromatic nitrogens is 1. The molecule has 0 atom stereocenters. The number of carboxylic acids is 1. The van der Waals surface area contributed by atoms with E-state index in [1.807, 2.05) is 0 Å². The van der Waals surface area contributed by atoms with Crippen molar-refractivity contribution in [3.63, 3.8) is 0 Å². The summed E-state index contributed by atoms with van der Waals surface area (Å²) in [7, 11) is 0. The summed E-state index contributed by atoms with van der Waals surface area (Å²) in [6.07, 6.45) is -2.56. The van der Waals surface area contributed by atoms with Gasteiger partial charge in [-0.15, -0.1) is 0 Å². The number of carbonyl (C=O) groups excluding carboxylic acids is 1. The third-order valence-corrected chi connectivity index (χ3v) is 5.71. The lowest BCUT2D eigenvalue weighted by Crippen LogP contribution is -2.54. The summed E-state index contributed by atoms with van der Waals surface area (Å²) in [5.41, 5.74) is -3.96. The molecule has 1 aliphatic carbocycles. The second-order valence-corrected chi connectivity index (χ2v) is 7.45. The topological polar surface area (TPSA) is 97.5 Å². The number of carbonyl (C=O) groups is 2. The van der Waals surface area contributed by atoms with Crippen LogP contribution in [0.3, 0.4) is 0 Å². The Balaban J connectivity index is 1.82. The Morgan fingerprint density at radius 3 is 2.44 bits per heavy atom. The number of nitrogens with zero attached hydrogens (tertiary/aromatic N) is 4. The molecule has 4 rings (SSSR count). The summed E-state index contributed by atoms with van der Waals surface area (Å²) in [5.74, 6) is -3.08. The van der Waals surface area contributed by atoms with Crippen LogP contribution in [0.1, 0.15) is 40.9 Å². The Bertz CT molecular complexity index is 1210. The van der Waals surface area contributed by atoms with Crippen LogP contribution in [0.2, 0.25) is 0 Å². The molecule has 1 aromatic heterocycles. The molecule has 2 fully saturated rings. The zero-order valence-electron chi connectivity index (χ0n) is 16.3. The largest absolute Gasteiger partial charge is 0.478 e. The molecule has 0 radical (unpaired) electrons. The van der Waals surface area contributed by atoms with Crippen LogP contribution in [0.5, 0.6) is 0 Å². The second-order valence-electron chi connectivity index (χ2n) is 7.45. The minimum atomic E-state index is -4.87. The number of amides is 1. The van der Waals surface area contributed by atoms with Gasteiger partial charge in [-0.05, 0) is 43.5 Å². The van der Waals surface area contributed by atoms with Crippen LogP contribution in [-0.2, 0) is 11.0 Å². The molecule has 0 unspecified atom stereocenters. The first-order valence-corrected chi connectivity index (χ1v) is 9.35. The molecule has 2 aromatic rings. The van der Waals surface area contributed by atoms with Crippen molar-refractivity contribution in [3.05, 3.63) is 65.5 Å². The highest BCUT2D eigenvalue weighted by Crippen LogP contribution is 2.50. The van der Waals surface area contributed by atoms with Crippen molar-refractivity contribution < 1.29 is 32.3 Å². The highest BCUT2D eigenvalue weighted by Gasteiger charge is 2.59. The second kappa shape index (κ2) is 7.05. The third-order valence-electron chi connectivity index (χ3n) is 5.71. The predicted molar refractivity (Wildman–Crippen MR) is 103 cm³/mol. The molecular weight excluding hydrogens is 432 g/mol. The van der Waals surface area contributed by atoms with Gasteiger partial charge >= 0.3 is 12.1 Å². The summed E-state index contributed by atoms with van der Waals surface area (Å²) in [5, 5.41) is 18.0. The van der Waals surface area contributed by atoms with Crippen molar-refractivity contribution in [2.24, 2.45) is 0 Å². The van der Waals surface area contributed by atoms with Gasteiger partial charge in [0.25, 0.3) is 5.91 Å². The van der Waals surface area contributed by atoms with E-state index < -0.39 is 46.2 Å². The van der Waals surface area contributed by atoms with Gasteiger partial charge in [-0.3, -0.25) is 9.69 Å². The Morgan fingerprint density at radius 2 is 1.94 bits per heavy atom. The minimum Gasteiger partial charge on any atom is -0.478 e. The van der Waals surface area contributed by atoms with Gasteiger partial charge in [0.2, 0.25) is 0 Å². The molecule has 11 heteroatoms. The minimum absolute atomic E-state index is 0.0307. The van der Waals surface area contributed by atoms with Crippen LogP contribution in [0.25, 0.3) is 0 Å². The number of rotatable bonds is 3. The third kappa shape index (κ3) is 2.98. The summed E-state index contributed by atoms with van der Waals surface area (Å²) >= 11 is 0. The van der Waals surface area contributed by atoms with E-state index in [0.29, 0.717) is 25.3 Å². The maximum absolute atomic E-state index is 14.3. The van der Waals surface area contributed by atoms with Crippen LogP contribution in [0, 0.1) is 17.1 Å². The maximum Gasteiger partial charge on any atom is 0.419 e. The van der Waals surface area contributed by atoms with E-state index in [9.17, 15) is 27.2 Å². The highest BCUT2D eigenvalue weighted by molar-refractivity contribution is 6.11. The first kappa shape index (κ1) is 21.3. The van der Waals surface area contributed by atoms with E-state index >= 15 is 0 Å². The fourth-order valence-corrected chi connectivity index (χ4v) is 4.08. The number of benzene rings is 1. The number of carboxylic acid groups (broad SMARTS) is 1. The lowest BCUT2D eigenvalue weighted by atomic mass is 9.75. The van der Waals surface area contributed by atoms with Crippen LogP contribution in [0.15, 0.2) is 42.9 Å². The summed E-state index contributed by atoms with van der Waals surface area (Å²) < 4.78 is 54.5. The molecule has 1 amide bonds. The molecule has 32 heavy (non-hydrogen) atoms. The molecule has 7 nitrogen and oxygen atoms in total. The van der Waals surface area contributed by atoms with Gasteiger partial charge < -0.3 is 10.0 Å². The van der Waals surface area contributed by atoms with Crippen LogP contribution in [-0.4, -0.2) is 27.5 Å². The number of halogens is 4. The van der Waals surface area contributed by atoms with Gasteiger partial charge in [0.15, 0.2) is 5.69 Å². The number of anilines is 2. The van der Waals surface area contributed by atoms with E-state index in [1.54, 1.807) is 0 Å². The maximum atomic E-state index is 14.3. The quantitative estimate of drug-likeness (QED) is 0.715. The van der Waals surface area contributed by atoms with Crippen LogP contribution >= 0.6 is 0 Å². The molecular formula is C21H14F4N4O3.